The third kappa shape index (κ3) is 3.75. The van der Waals surface area contributed by atoms with Gasteiger partial charge in [-0.3, -0.25) is 0 Å². The number of likely N-dealkylation sites (tertiary alicyclic amines) is 1. The molecule has 2 heterocycles. The lowest BCUT2D eigenvalue weighted by Gasteiger charge is -2.33. The Morgan fingerprint density at radius 1 is 1.27 bits per heavy atom. The summed E-state index contributed by atoms with van der Waals surface area (Å²) in [4.78, 5) is 14.4. The number of nitrogens with one attached hydrogen (secondary N) is 1. The number of aryl methyl sites for hydroxylation is 2. The number of carbonyl (C=O) groups excluding carboxylic acids is 1. The summed E-state index contributed by atoms with van der Waals surface area (Å²) < 4.78 is 1.87. The zero-order chi connectivity index (χ0) is 18.8. The number of benzene rings is 1. The van der Waals surface area contributed by atoms with Crippen molar-refractivity contribution < 1.29 is 9.90 Å². The van der Waals surface area contributed by atoms with Gasteiger partial charge in [-0.05, 0) is 63.6 Å². The molecule has 1 aliphatic heterocycles. The number of hydrogen-bond acceptors (Lipinski definition) is 3. The average molecular weight is 356 g/mol. The van der Waals surface area contributed by atoms with E-state index in [-0.39, 0.29) is 18.1 Å². The van der Waals surface area contributed by atoms with Crippen molar-refractivity contribution in [2.45, 2.75) is 46.6 Å². The van der Waals surface area contributed by atoms with Crippen LogP contribution in [0, 0.1) is 26.7 Å². The molecule has 6 nitrogen and oxygen atoms in total. The minimum absolute atomic E-state index is 0.0994. The van der Waals surface area contributed by atoms with E-state index in [0.717, 1.165) is 35.5 Å². The van der Waals surface area contributed by atoms with Gasteiger partial charge in [-0.1, -0.05) is 12.1 Å². The second-order valence-electron chi connectivity index (χ2n) is 7.34. The SMILES string of the molecule is Cc1ccc(C)c(-n2ncc(NC(=O)N3CCC(C(C)O)CC3)c2C)c1. The molecule has 26 heavy (non-hydrogen) atoms. The second-order valence-corrected chi connectivity index (χ2v) is 7.34. The van der Waals surface area contributed by atoms with Crippen molar-refractivity contribution in [2.75, 3.05) is 18.4 Å². The summed E-state index contributed by atoms with van der Waals surface area (Å²) in [5.41, 5.74) is 4.98. The van der Waals surface area contributed by atoms with Crippen LogP contribution < -0.4 is 5.32 Å². The van der Waals surface area contributed by atoms with Crippen LogP contribution in [-0.2, 0) is 0 Å². The Balaban J connectivity index is 1.71. The van der Waals surface area contributed by atoms with E-state index in [0.29, 0.717) is 13.1 Å². The fraction of sp³-hybridized carbons (Fsp3) is 0.500. The van der Waals surface area contributed by atoms with E-state index in [4.69, 9.17) is 0 Å². The first-order chi connectivity index (χ1) is 12.4. The van der Waals surface area contributed by atoms with Crippen molar-refractivity contribution in [3.63, 3.8) is 0 Å². The maximum atomic E-state index is 12.6. The van der Waals surface area contributed by atoms with Crippen LogP contribution in [0.4, 0.5) is 10.5 Å². The Morgan fingerprint density at radius 2 is 1.96 bits per heavy atom. The zero-order valence-electron chi connectivity index (χ0n) is 16.0. The number of carbonyl (C=O) groups is 1. The highest BCUT2D eigenvalue weighted by Crippen LogP contribution is 2.24. The molecule has 1 fully saturated rings. The molecule has 1 aliphatic rings. The summed E-state index contributed by atoms with van der Waals surface area (Å²) in [5, 5.41) is 17.2. The Kier molecular flexibility index (Phi) is 5.32. The zero-order valence-corrected chi connectivity index (χ0v) is 16.0. The molecule has 0 radical (unpaired) electrons. The van der Waals surface area contributed by atoms with Gasteiger partial charge in [0.2, 0.25) is 0 Å². The molecular formula is C20H28N4O2. The van der Waals surface area contributed by atoms with Gasteiger partial charge in [0.1, 0.15) is 0 Å². The van der Waals surface area contributed by atoms with Crippen LogP contribution in [-0.4, -0.2) is 45.0 Å². The minimum atomic E-state index is -0.307. The quantitative estimate of drug-likeness (QED) is 0.885. The summed E-state index contributed by atoms with van der Waals surface area (Å²) >= 11 is 0. The number of anilines is 1. The predicted molar refractivity (Wildman–Crippen MR) is 103 cm³/mol. The van der Waals surface area contributed by atoms with Gasteiger partial charge >= 0.3 is 6.03 Å². The lowest BCUT2D eigenvalue weighted by atomic mass is 9.92. The average Bonchev–Trinajstić information content (AvgIpc) is 2.97. The van der Waals surface area contributed by atoms with E-state index in [2.05, 4.69) is 42.5 Å². The van der Waals surface area contributed by atoms with Gasteiger partial charge in [0.25, 0.3) is 0 Å². The van der Waals surface area contributed by atoms with Crippen LogP contribution in [0.1, 0.15) is 36.6 Å². The third-order valence-electron chi connectivity index (χ3n) is 5.35. The third-order valence-corrected chi connectivity index (χ3v) is 5.35. The van der Waals surface area contributed by atoms with E-state index in [1.165, 1.54) is 5.56 Å². The number of piperidine rings is 1. The first-order valence-electron chi connectivity index (χ1n) is 9.23. The Bertz CT molecular complexity index is 789. The Morgan fingerprint density at radius 3 is 2.62 bits per heavy atom. The fourth-order valence-electron chi connectivity index (χ4n) is 3.50. The summed E-state index contributed by atoms with van der Waals surface area (Å²) in [6, 6.07) is 6.16. The fourth-order valence-corrected chi connectivity index (χ4v) is 3.50. The van der Waals surface area contributed by atoms with Crippen molar-refractivity contribution in [3.8, 4) is 5.69 Å². The smallest absolute Gasteiger partial charge is 0.321 e. The van der Waals surface area contributed by atoms with Crippen LogP contribution in [0.3, 0.4) is 0 Å². The molecule has 2 N–H and O–H groups in total. The molecule has 1 aromatic heterocycles. The van der Waals surface area contributed by atoms with Gasteiger partial charge in [0, 0.05) is 13.1 Å². The topological polar surface area (TPSA) is 70.4 Å². The lowest BCUT2D eigenvalue weighted by molar-refractivity contribution is 0.0820. The number of aliphatic hydroxyl groups is 1. The standard InChI is InChI=1S/C20H28N4O2/c1-13-5-6-14(2)19(11-13)24-15(3)18(12-21-24)22-20(26)23-9-7-17(8-10-23)16(4)25/h5-6,11-12,16-17,25H,7-10H2,1-4H3,(H,22,26). The number of aromatic nitrogens is 2. The Labute approximate surface area is 154 Å². The lowest BCUT2D eigenvalue weighted by Crippen LogP contribution is -2.42. The number of urea groups is 1. The first kappa shape index (κ1) is 18.5. The number of aliphatic hydroxyl groups excluding tert-OH is 1. The number of hydrogen-bond donors (Lipinski definition) is 2. The van der Waals surface area contributed by atoms with Gasteiger partial charge in [-0.15, -0.1) is 0 Å². The molecule has 6 heteroatoms. The molecule has 1 unspecified atom stereocenters. The van der Waals surface area contributed by atoms with Crippen molar-refractivity contribution in [1.82, 2.24) is 14.7 Å². The van der Waals surface area contributed by atoms with Crippen LogP contribution >= 0.6 is 0 Å². The van der Waals surface area contributed by atoms with Gasteiger partial charge in [-0.2, -0.15) is 5.10 Å². The molecular weight excluding hydrogens is 328 g/mol. The molecule has 1 atom stereocenters. The minimum Gasteiger partial charge on any atom is -0.393 e. The van der Waals surface area contributed by atoms with Crippen molar-refractivity contribution in [1.29, 1.82) is 0 Å². The van der Waals surface area contributed by atoms with Crippen molar-refractivity contribution in [3.05, 3.63) is 41.2 Å². The van der Waals surface area contributed by atoms with E-state index >= 15 is 0 Å². The van der Waals surface area contributed by atoms with Crippen molar-refractivity contribution >= 4 is 11.7 Å². The van der Waals surface area contributed by atoms with Crippen LogP contribution in [0.2, 0.25) is 0 Å². The number of rotatable bonds is 3. The van der Waals surface area contributed by atoms with E-state index in [9.17, 15) is 9.90 Å². The molecule has 2 aromatic rings. The first-order valence-corrected chi connectivity index (χ1v) is 9.23. The summed E-state index contributed by atoms with van der Waals surface area (Å²) in [6.07, 6.45) is 3.08. The summed E-state index contributed by atoms with van der Waals surface area (Å²) in [5.74, 6) is 0.285. The van der Waals surface area contributed by atoms with E-state index in [1.54, 1.807) is 6.20 Å². The molecule has 2 amide bonds. The molecule has 0 aliphatic carbocycles. The van der Waals surface area contributed by atoms with Gasteiger partial charge in [0.15, 0.2) is 0 Å². The molecule has 1 aromatic carbocycles. The van der Waals surface area contributed by atoms with Gasteiger partial charge in [0.05, 0.1) is 29.4 Å². The molecule has 0 saturated carbocycles. The van der Waals surface area contributed by atoms with E-state index < -0.39 is 0 Å². The van der Waals surface area contributed by atoms with E-state index in [1.807, 2.05) is 23.4 Å². The van der Waals surface area contributed by atoms with Crippen molar-refractivity contribution in [2.24, 2.45) is 5.92 Å². The largest absolute Gasteiger partial charge is 0.393 e. The highest BCUT2D eigenvalue weighted by molar-refractivity contribution is 5.90. The number of nitrogens with zero attached hydrogens (tertiary/aromatic N) is 3. The Hall–Kier alpha value is -2.34. The molecule has 0 spiro atoms. The maximum Gasteiger partial charge on any atom is 0.321 e. The molecule has 3 rings (SSSR count). The normalized spacial score (nSPS) is 16.6. The second kappa shape index (κ2) is 7.50. The predicted octanol–water partition coefficient (Wildman–Crippen LogP) is 3.42. The van der Waals surface area contributed by atoms with Crippen LogP contribution in [0.25, 0.3) is 5.69 Å². The molecule has 140 valence electrons. The molecule has 0 bridgehead atoms. The summed E-state index contributed by atoms with van der Waals surface area (Å²) in [7, 11) is 0. The van der Waals surface area contributed by atoms with Gasteiger partial charge < -0.3 is 15.3 Å². The number of amides is 2. The van der Waals surface area contributed by atoms with Crippen LogP contribution in [0.5, 0.6) is 0 Å². The molecule has 1 saturated heterocycles. The van der Waals surface area contributed by atoms with Crippen LogP contribution in [0.15, 0.2) is 24.4 Å². The van der Waals surface area contributed by atoms with Gasteiger partial charge in [-0.25, -0.2) is 9.48 Å². The highest BCUT2D eigenvalue weighted by Gasteiger charge is 2.26. The summed E-state index contributed by atoms with van der Waals surface area (Å²) in [6.45, 7) is 9.24. The maximum absolute atomic E-state index is 12.6. The highest BCUT2D eigenvalue weighted by atomic mass is 16.3. The monoisotopic (exact) mass is 356 g/mol.